The van der Waals surface area contributed by atoms with Crippen LogP contribution < -0.4 is 11.1 Å². The minimum atomic E-state index is -0.141. The van der Waals surface area contributed by atoms with Crippen LogP contribution in [0.2, 0.25) is 10.2 Å². The van der Waals surface area contributed by atoms with Gasteiger partial charge in [0.25, 0.3) is 0 Å². The van der Waals surface area contributed by atoms with E-state index in [1.165, 1.54) is 6.33 Å². The molecule has 21 heavy (non-hydrogen) atoms. The minimum Gasteiger partial charge on any atom is -0.330 e. The van der Waals surface area contributed by atoms with Crippen molar-refractivity contribution < 1.29 is 4.79 Å². The zero-order valence-corrected chi connectivity index (χ0v) is 14.1. The highest BCUT2D eigenvalue weighted by molar-refractivity contribution is 6.42. The fourth-order valence-corrected chi connectivity index (χ4v) is 2.42. The number of halogens is 2. The number of hydrogen-bond acceptors (Lipinski definition) is 4. The highest BCUT2D eigenvalue weighted by atomic mass is 35.5. The molecular formula is C14H22Cl2N4O. The lowest BCUT2D eigenvalue weighted by Crippen LogP contribution is -2.25. The number of carbonyl (C=O) groups is 1. The van der Waals surface area contributed by atoms with Crippen LogP contribution >= 0.6 is 23.2 Å². The SMILES string of the molecule is CC(C)(C)C(CCN)CCC(=O)Nc1ncnc(Cl)c1Cl. The third kappa shape index (κ3) is 5.77. The Morgan fingerprint density at radius 1 is 1.33 bits per heavy atom. The van der Waals surface area contributed by atoms with Crippen molar-refractivity contribution in [2.75, 3.05) is 11.9 Å². The third-order valence-electron chi connectivity index (χ3n) is 3.46. The molecule has 1 aromatic heterocycles. The van der Waals surface area contributed by atoms with E-state index in [1.807, 2.05) is 0 Å². The first-order chi connectivity index (χ1) is 9.75. The highest BCUT2D eigenvalue weighted by Gasteiger charge is 2.24. The molecule has 1 aromatic rings. The molecule has 0 saturated carbocycles. The zero-order valence-electron chi connectivity index (χ0n) is 12.6. The Morgan fingerprint density at radius 2 is 2.00 bits per heavy atom. The topological polar surface area (TPSA) is 80.9 Å². The molecule has 5 nitrogen and oxygen atoms in total. The Labute approximate surface area is 135 Å². The van der Waals surface area contributed by atoms with E-state index in [2.05, 4.69) is 36.1 Å². The van der Waals surface area contributed by atoms with Crippen molar-refractivity contribution in [1.29, 1.82) is 0 Å². The van der Waals surface area contributed by atoms with Gasteiger partial charge in [-0.25, -0.2) is 9.97 Å². The fourth-order valence-electron chi connectivity index (χ4n) is 2.15. The Morgan fingerprint density at radius 3 is 2.57 bits per heavy atom. The van der Waals surface area contributed by atoms with Crippen LogP contribution in [0.3, 0.4) is 0 Å². The summed E-state index contributed by atoms with van der Waals surface area (Å²) in [5.41, 5.74) is 5.76. The summed E-state index contributed by atoms with van der Waals surface area (Å²) in [4.78, 5) is 19.7. The fraction of sp³-hybridized carbons (Fsp3) is 0.643. The molecule has 0 fully saturated rings. The first kappa shape index (κ1) is 18.1. The quantitative estimate of drug-likeness (QED) is 0.781. The van der Waals surface area contributed by atoms with Gasteiger partial charge in [-0.3, -0.25) is 4.79 Å². The van der Waals surface area contributed by atoms with Crippen LogP contribution in [0.4, 0.5) is 5.82 Å². The normalized spacial score (nSPS) is 13.0. The van der Waals surface area contributed by atoms with Crippen molar-refractivity contribution in [3.05, 3.63) is 16.5 Å². The third-order valence-corrected chi connectivity index (χ3v) is 4.21. The van der Waals surface area contributed by atoms with E-state index in [0.29, 0.717) is 18.9 Å². The first-order valence-corrected chi connectivity index (χ1v) is 7.67. The van der Waals surface area contributed by atoms with E-state index in [1.54, 1.807) is 0 Å². The predicted octanol–water partition coefficient (Wildman–Crippen LogP) is 3.51. The van der Waals surface area contributed by atoms with E-state index in [4.69, 9.17) is 28.9 Å². The summed E-state index contributed by atoms with van der Waals surface area (Å²) in [5, 5.41) is 2.94. The smallest absolute Gasteiger partial charge is 0.225 e. The molecule has 0 bridgehead atoms. The monoisotopic (exact) mass is 332 g/mol. The van der Waals surface area contributed by atoms with Crippen molar-refractivity contribution >= 4 is 34.9 Å². The maximum Gasteiger partial charge on any atom is 0.225 e. The molecule has 0 aliphatic rings. The molecule has 118 valence electrons. The van der Waals surface area contributed by atoms with Gasteiger partial charge < -0.3 is 11.1 Å². The van der Waals surface area contributed by atoms with Gasteiger partial charge in [-0.05, 0) is 30.7 Å². The number of nitrogens with one attached hydrogen (secondary N) is 1. The van der Waals surface area contributed by atoms with Crippen LogP contribution in [0.1, 0.15) is 40.0 Å². The van der Waals surface area contributed by atoms with Gasteiger partial charge in [-0.2, -0.15) is 0 Å². The molecule has 1 amide bonds. The molecular weight excluding hydrogens is 311 g/mol. The number of hydrogen-bond donors (Lipinski definition) is 2. The summed E-state index contributed by atoms with van der Waals surface area (Å²) in [6.45, 7) is 7.10. The van der Waals surface area contributed by atoms with Crippen LogP contribution in [0, 0.1) is 11.3 Å². The van der Waals surface area contributed by atoms with E-state index in [0.717, 1.165) is 12.8 Å². The van der Waals surface area contributed by atoms with Gasteiger partial charge >= 0.3 is 0 Å². The second kappa shape index (κ2) is 7.92. The summed E-state index contributed by atoms with van der Waals surface area (Å²) in [6.07, 6.45) is 3.32. The Bertz CT molecular complexity index is 488. The van der Waals surface area contributed by atoms with Gasteiger partial charge in [0, 0.05) is 6.42 Å². The van der Waals surface area contributed by atoms with Crippen LogP contribution in [0.25, 0.3) is 0 Å². The van der Waals surface area contributed by atoms with Crippen molar-refractivity contribution in [1.82, 2.24) is 9.97 Å². The van der Waals surface area contributed by atoms with Crippen molar-refractivity contribution in [3.63, 3.8) is 0 Å². The predicted molar refractivity (Wildman–Crippen MR) is 86.5 cm³/mol. The van der Waals surface area contributed by atoms with Crippen LogP contribution in [-0.2, 0) is 4.79 Å². The number of anilines is 1. The summed E-state index contributed by atoms with van der Waals surface area (Å²) in [7, 11) is 0. The van der Waals surface area contributed by atoms with E-state index in [-0.39, 0.29) is 27.3 Å². The second-order valence-electron chi connectivity index (χ2n) is 6.05. The number of nitrogens with zero attached hydrogens (tertiary/aromatic N) is 2. The molecule has 1 heterocycles. The van der Waals surface area contributed by atoms with Gasteiger partial charge in [0.1, 0.15) is 11.3 Å². The Kier molecular flexibility index (Phi) is 6.84. The zero-order chi connectivity index (χ0) is 16.0. The molecule has 1 atom stereocenters. The van der Waals surface area contributed by atoms with Crippen molar-refractivity contribution in [2.45, 2.75) is 40.0 Å². The number of nitrogens with two attached hydrogens (primary N) is 1. The van der Waals surface area contributed by atoms with Crippen LogP contribution in [0.15, 0.2) is 6.33 Å². The van der Waals surface area contributed by atoms with Gasteiger partial charge in [0.05, 0.1) is 0 Å². The average Bonchev–Trinajstić information content (AvgIpc) is 2.38. The molecule has 7 heteroatoms. The summed E-state index contributed by atoms with van der Waals surface area (Å²) < 4.78 is 0. The number of aromatic nitrogens is 2. The summed E-state index contributed by atoms with van der Waals surface area (Å²) in [5.74, 6) is 0.489. The second-order valence-corrected chi connectivity index (χ2v) is 6.79. The molecule has 0 aliphatic carbocycles. The van der Waals surface area contributed by atoms with E-state index < -0.39 is 0 Å². The summed E-state index contributed by atoms with van der Waals surface area (Å²) >= 11 is 11.7. The average molecular weight is 333 g/mol. The maximum absolute atomic E-state index is 12.0. The lowest BCUT2D eigenvalue weighted by molar-refractivity contribution is -0.116. The van der Waals surface area contributed by atoms with Crippen LogP contribution in [0.5, 0.6) is 0 Å². The summed E-state index contributed by atoms with van der Waals surface area (Å²) in [6, 6.07) is 0. The molecule has 0 spiro atoms. The Hall–Kier alpha value is -0.910. The molecule has 1 rings (SSSR count). The van der Waals surface area contributed by atoms with Crippen molar-refractivity contribution in [3.8, 4) is 0 Å². The van der Waals surface area contributed by atoms with E-state index in [9.17, 15) is 4.79 Å². The first-order valence-electron chi connectivity index (χ1n) is 6.91. The van der Waals surface area contributed by atoms with Gasteiger partial charge in [0.15, 0.2) is 11.0 Å². The largest absolute Gasteiger partial charge is 0.330 e. The number of amides is 1. The lowest BCUT2D eigenvalue weighted by atomic mass is 9.76. The molecule has 0 saturated heterocycles. The van der Waals surface area contributed by atoms with Gasteiger partial charge in [0.2, 0.25) is 5.91 Å². The van der Waals surface area contributed by atoms with E-state index >= 15 is 0 Å². The van der Waals surface area contributed by atoms with Gasteiger partial charge in [-0.15, -0.1) is 0 Å². The highest BCUT2D eigenvalue weighted by Crippen LogP contribution is 2.32. The molecule has 1 unspecified atom stereocenters. The molecule has 3 N–H and O–H groups in total. The Balaban J connectivity index is 2.59. The van der Waals surface area contributed by atoms with Crippen LogP contribution in [-0.4, -0.2) is 22.4 Å². The van der Waals surface area contributed by atoms with Crippen molar-refractivity contribution in [2.24, 2.45) is 17.1 Å². The molecule has 0 aromatic carbocycles. The standard InChI is InChI=1S/C14H22Cl2N4O/c1-14(2,3)9(6-7-17)4-5-10(21)20-13-11(15)12(16)18-8-19-13/h8-9H,4-7,17H2,1-3H3,(H,18,19,20,21). The number of carbonyl (C=O) groups excluding carboxylic acids is 1. The molecule has 0 radical (unpaired) electrons. The minimum absolute atomic E-state index is 0.121. The number of rotatable bonds is 6. The lowest BCUT2D eigenvalue weighted by Gasteiger charge is -2.30. The molecule has 0 aliphatic heterocycles. The maximum atomic E-state index is 12.0. The van der Waals surface area contributed by atoms with Gasteiger partial charge in [-0.1, -0.05) is 44.0 Å².